The van der Waals surface area contributed by atoms with Crippen molar-refractivity contribution in [2.45, 2.75) is 46.3 Å². The maximum absolute atomic E-state index is 5.94. The smallest absolute Gasteiger partial charge is 0.165 e. The second-order valence-corrected chi connectivity index (χ2v) is 6.26. The van der Waals surface area contributed by atoms with Crippen LogP contribution in [0.2, 0.25) is 0 Å². The third kappa shape index (κ3) is 3.39. The summed E-state index contributed by atoms with van der Waals surface area (Å²) >= 11 is 3.50. The van der Waals surface area contributed by atoms with Crippen molar-refractivity contribution in [3.05, 3.63) is 40.4 Å². The molecule has 2 rings (SSSR count). The van der Waals surface area contributed by atoms with E-state index in [1.165, 1.54) is 5.56 Å². The third-order valence-electron chi connectivity index (χ3n) is 3.09. The van der Waals surface area contributed by atoms with Crippen molar-refractivity contribution in [2.75, 3.05) is 0 Å². The third-order valence-corrected chi connectivity index (χ3v) is 3.58. The molecule has 1 aromatic carbocycles. The Labute approximate surface area is 128 Å². The van der Waals surface area contributed by atoms with E-state index < -0.39 is 0 Å². The zero-order valence-electron chi connectivity index (χ0n) is 12.3. The van der Waals surface area contributed by atoms with E-state index in [4.69, 9.17) is 4.74 Å². The molecule has 0 aliphatic heterocycles. The number of hydrogen-bond donors (Lipinski definition) is 0. The van der Waals surface area contributed by atoms with Crippen LogP contribution in [-0.2, 0) is 6.61 Å². The first-order chi connectivity index (χ1) is 9.49. The van der Waals surface area contributed by atoms with E-state index in [1.54, 1.807) is 6.33 Å². The predicted octanol–water partition coefficient (Wildman–Crippen LogP) is 4.32. The van der Waals surface area contributed by atoms with Crippen LogP contribution >= 0.6 is 15.9 Å². The Morgan fingerprint density at radius 1 is 1.25 bits per heavy atom. The largest absolute Gasteiger partial charge is 0.485 e. The molecule has 0 radical (unpaired) electrons. The van der Waals surface area contributed by atoms with Gasteiger partial charge in [0.05, 0.1) is 0 Å². The SMILES string of the molecule is CC(C)c1cc(Br)ccc1OCc1ncnn1C(C)C. The van der Waals surface area contributed by atoms with E-state index in [0.717, 1.165) is 16.0 Å². The minimum atomic E-state index is 0.283. The van der Waals surface area contributed by atoms with Gasteiger partial charge in [-0.15, -0.1) is 0 Å². The highest BCUT2D eigenvalue weighted by Crippen LogP contribution is 2.30. The van der Waals surface area contributed by atoms with E-state index in [9.17, 15) is 0 Å². The number of aromatic nitrogens is 3. The lowest BCUT2D eigenvalue weighted by atomic mass is 10.0. The molecule has 0 N–H and O–H groups in total. The fourth-order valence-electron chi connectivity index (χ4n) is 2.05. The van der Waals surface area contributed by atoms with E-state index >= 15 is 0 Å². The molecule has 5 heteroatoms. The Bertz CT molecular complexity index is 578. The molecular formula is C15H20BrN3O. The molecule has 1 aromatic heterocycles. The summed E-state index contributed by atoms with van der Waals surface area (Å²) in [6.07, 6.45) is 1.57. The number of rotatable bonds is 5. The summed E-state index contributed by atoms with van der Waals surface area (Å²) in [4.78, 5) is 4.26. The van der Waals surface area contributed by atoms with E-state index in [2.05, 4.69) is 59.8 Å². The van der Waals surface area contributed by atoms with Crippen LogP contribution in [0.15, 0.2) is 29.0 Å². The van der Waals surface area contributed by atoms with Crippen LogP contribution in [0.25, 0.3) is 0 Å². The molecule has 0 aliphatic carbocycles. The van der Waals surface area contributed by atoms with Crippen molar-refractivity contribution in [3.8, 4) is 5.75 Å². The molecule has 0 unspecified atom stereocenters. The second-order valence-electron chi connectivity index (χ2n) is 5.34. The highest BCUT2D eigenvalue weighted by atomic mass is 79.9. The first-order valence-corrected chi connectivity index (χ1v) is 7.59. The van der Waals surface area contributed by atoms with Crippen molar-refractivity contribution in [1.29, 1.82) is 0 Å². The lowest BCUT2D eigenvalue weighted by Crippen LogP contribution is -2.11. The standard InChI is InChI=1S/C15H20BrN3O/c1-10(2)13-7-12(16)5-6-14(13)20-8-15-17-9-18-19(15)11(3)4/h5-7,9-11H,8H2,1-4H3. The van der Waals surface area contributed by atoms with Crippen LogP contribution in [0, 0.1) is 0 Å². The van der Waals surface area contributed by atoms with E-state index in [1.807, 2.05) is 16.8 Å². The van der Waals surface area contributed by atoms with E-state index in [0.29, 0.717) is 12.5 Å². The van der Waals surface area contributed by atoms with Crippen molar-refractivity contribution in [1.82, 2.24) is 14.8 Å². The van der Waals surface area contributed by atoms with E-state index in [-0.39, 0.29) is 6.04 Å². The number of hydrogen-bond acceptors (Lipinski definition) is 3. The molecule has 0 aliphatic rings. The fourth-order valence-corrected chi connectivity index (χ4v) is 2.43. The lowest BCUT2D eigenvalue weighted by molar-refractivity contribution is 0.279. The maximum Gasteiger partial charge on any atom is 0.165 e. The fraction of sp³-hybridized carbons (Fsp3) is 0.467. The van der Waals surface area contributed by atoms with Crippen molar-refractivity contribution in [2.24, 2.45) is 0 Å². The van der Waals surface area contributed by atoms with Gasteiger partial charge in [-0.1, -0.05) is 29.8 Å². The molecule has 108 valence electrons. The van der Waals surface area contributed by atoms with Crippen molar-refractivity contribution >= 4 is 15.9 Å². The molecule has 2 aromatic rings. The van der Waals surface area contributed by atoms with Crippen LogP contribution < -0.4 is 4.74 Å². The van der Waals surface area contributed by atoms with Crippen LogP contribution in [0.5, 0.6) is 5.75 Å². The van der Waals surface area contributed by atoms with Gasteiger partial charge in [-0.2, -0.15) is 5.10 Å². The Morgan fingerprint density at radius 2 is 2.00 bits per heavy atom. The van der Waals surface area contributed by atoms with Gasteiger partial charge in [0.1, 0.15) is 18.7 Å². The normalized spacial score (nSPS) is 11.3. The zero-order valence-corrected chi connectivity index (χ0v) is 13.9. The average molecular weight is 338 g/mol. The number of nitrogens with zero attached hydrogens (tertiary/aromatic N) is 3. The molecule has 0 saturated heterocycles. The summed E-state index contributed by atoms with van der Waals surface area (Å²) in [5.41, 5.74) is 1.19. The molecule has 1 heterocycles. The molecule has 0 amide bonds. The Morgan fingerprint density at radius 3 is 2.65 bits per heavy atom. The average Bonchev–Trinajstić information content (AvgIpc) is 2.85. The van der Waals surface area contributed by atoms with Crippen molar-refractivity contribution in [3.63, 3.8) is 0 Å². The molecule has 0 fully saturated rings. The van der Waals surface area contributed by atoms with Gasteiger partial charge < -0.3 is 4.74 Å². The molecule has 0 saturated carbocycles. The minimum absolute atomic E-state index is 0.283. The first-order valence-electron chi connectivity index (χ1n) is 6.79. The van der Waals surface area contributed by atoms with Crippen molar-refractivity contribution < 1.29 is 4.74 Å². The Balaban J connectivity index is 2.17. The minimum Gasteiger partial charge on any atom is -0.485 e. The molecule has 0 bridgehead atoms. The predicted molar refractivity (Wildman–Crippen MR) is 83.0 cm³/mol. The molecular weight excluding hydrogens is 318 g/mol. The summed E-state index contributed by atoms with van der Waals surface area (Å²) in [5.74, 6) is 2.16. The number of benzene rings is 1. The summed E-state index contributed by atoms with van der Waals surface area (Å²) in [6, 6.07) is 6.38. The monoisotopic (exact) mass is 337 g/mol. The molecule has 0 spiro atoms. The second kappa shape index (κ2) is 6.39. The quantitative estimate of drug-likeness (QED) is 0.815. The molecule has 4 nitrogen and oxygen atoms in total. The lowest BCUT2D eigenvalue weighted by Gasteiger charge is -2.15. The first kappa shape index (κ1) is 15.0. The number of ether oxygens (including phenoxy) is 1. The van der Waals surface area contributed by atoms with Crippen LogP contribution in [0.3, 0.4) is 0 Å². The zero-order chi connectivity index (χ0) is 14.7. The Kier molecular flexibility index (Phi) is 4.81. The Hall–Kier alpha value is -1.36. The van der Waals surface area contributed by atoms with Gasteiger partial charge in [0, 0.05) is 10.5 Å². The maximum atomic E-state index is 5.94. The van der Waals surface area contributed by atoms with Gasteiger partial charge >= 0.3 is 0 Å². The summed E-state index contributed by atoms with van der Waals surface area (Å²) in [7, 11) is 0. The summed E-state index contributed by atoms with van der Waals surface area (Å²) in [6.45, 7) is 8.91. The highest BCUT2D eigenvalue weighted by Gasteiger charge is 2.12. The van der Waals surface area contributed by atoms with Gasteiger partial charge in [0.2, 0.25) is 0 Å². The van der Waals surface area contributed by atoms with Crippen LogP contribution in [0.1, 0.15) is 51.0 Å². The van der Waals surface area contributed by atoms with Crippen LogP contribution in [-0.4, -0.2) is 14.8 Å². The van der Waals surface area contributed by atoms with Gasteiger partial charge in [-0.05, 0) is 43.5 Å². The summed E-state index contributed by atoms with van der Waals surface area (Å²) < 4.78 is 8.90. The number of halogens is 1. The molecule has 0 atom stereocenters. The molecule has 20 heavy (non-hydrogen) atoms. The summed E-state index contributed by atoms with van der Waals surface area (Å²) in [5, 5.41) is 4.22. The highest BCUT2D eigenvalue weighted by molar-refractivity contribution is 9.10. The van der Waals surface area contributed by atoms with Gasteiger partial charge in [0.15, 0.2) is 5.82 Å². The van der Waals surface area contributed by atoms with Gasteiger partial charge in [0.25, 0.3) is 0 Å². The topological polar surface area (TPSA) is 39.9 Å². The van der Waals surface area contributed by atoms with Gasteiger partial charge in [-0.25, -0.2) is 9.67 Å². The van der Waals surface area contributed by atoms with Crippen LogP contribution in [0.4, 0.5) is 0 Å². The van der Waals surface area contributed by atoms with Gasteiger partial charge in [-0.3, -0.25) is 0 Å².